The van der Waals surface area contributed by atoms with Gasteiger partial charge in [-0.1, -0.05) is 6.07 Å². The Kier molecular flexibility index (Phi) is 5.37. The molecule has 0 unspecified atom stereocenters. The summed E-state index contributed by atoms with van der Waals surface area (Å²) in [7, 11) is 0. The maximum atomic E-state index is 14.0. The number of halogens is 8. The molecule has 0 fully saturated rings. The Balaban J connectivity index is 1.78. The molecule has 178 valence electrons. The number of alkyl halides is 6. The van der Waals surface area contributed by atoms with Gasteiger partial charge in [0.1, 0.15) is 28.6 Å². The minimum atomic E-state index is -4.87. The van der Waals surface area contributed by atoms with Crippen LogP contribution < -0.4 is 5.32 Å². The Morgan fingerprint density at radius 1 is 0.912 bits per heavy atom. The van der Waals surface area contributed by atoms with Crippen LogP contribution in [-0.4, -0.2) is 35.6 Å². The highest BCUT2D eigenvalue weighted by molar-refractivity contribution is 6.06. The summed E-state index contributed by atoms with van der Waals surface area (Å²) in [5.41, 5.74) is -2.34. The fourth-order valence-corrected chi connectivity index (χ4v) is 2.83. The highest BCUT2D eigenvalue weighted by atomic mass is 19.4. The molecule has 0 saturated heterocycles. The van der Waals surface area contributed by atoms with Gasteiger partial charge in [0.2, 0.25) is 11.6 Å². The summed E-state index contributed by atoms with van der Waals surface area (Å²) in [6, 6.07) is 2.60. The lowest BCUT2D eigenvalue weighted by molar-refractivity contribution is -0.145. The van der Waals surface area contributed by atoms with Crippen molar-refractivity contribution in [2.75, 3.05) is 5.32 Å². The lowest BCUT2D eigenvalue weighted by atomic mass is 10.1. The van der Waals surface area contributed by atoms with Crippen LogP contribution in [0.1, 0.15) is 22.0 Å². The zero-order valence-electron chi connectivity index (χ0n) is 16.2. The van der Waals surface area contributed by atoms with Crippen LogP contribution in [-0.2, 0) is 12.4 Å². The summed E-state index contributed by atoms with van der Waals surface area (Å²) in [6.45, 7) is 0. The maximum Gasteiger partial charge on any atom is 0.449 e. The van der Waals surface area contributed by atoms with Crippen molar-refractivity contribution < 1.29 is 39.9 Å². The number of aromatic amines is 2. The van der Waals surface area contributed by atoms with Crippen LogP contribution in [0, 0.1) is 11.6 Å². The molecular formula is C18H9F8N7O. The molecule has 16 heteroatoms. The first-order valence-corrected chi connectivity index (χ1v) is 8.95. The number of rotatable bonds is 4. The Bertz CT molecular complexity index is 1350. The van der Waals surface area contributed by atoms with Crippen LogP contribution in [0.15, 0.2) is 36.8 Å². The van der Waals surface area contributed by atoms with Crippen LogP contribution in [0.25, 0.3) is 17.2 Å². The molecule has 34 heavy (non-hydrogen) atoms. The Morgan fingerprint density at radius 2 is 1.50 bits per heavy atom. The largest absolute Gasteiger partial charge is 0.449 e. The number of hydrogen-bond donors (Lipinski definition) is 3. The number of imidazole rings is 2. The van der Waals surface area contributed by atoms with Crippen molar-refractivity contribution in [2.24, 2.45) is 0 Å². The molecule has 3 heterocycles. The fraction of sp³-hybridized carbons (Fsp3) is 0.111. The summed E-state index contributed by atoms with van der Waals surface area (Å²) in [5.74, 6) is -7.05. The van der Waals surface area contributed by atoms with Gasteiger partial charge in [0, 0.05) is 12.4 Å². The molecule has 1 amide bonds. The van der Waals surface area contributed by atoms with Crippen LogP contribution in [0.2, 0.25) is 0 Å². The highest BCUT2D eigenvalue weighted by Crippen LogP contribution is 2.32. The van der Waals surface area contributed by atoms with Gasteiger partial charge in [-0.3, -0.25) is 4.79 Å². The Labute approximate surface area is 182 Å². The number of nitrogens with one attached hydrogen (secondary N) is 3. The second kappa shape index (κ2) is 7.96. The van der Waals surface area contributed by atoms with E-state index in [1.165, 1.54) is 0 Å². The summed E-state index contributed by atoms with van der Waals surface area (Å²) in [4.78, 5) is 22.8. The van der Waals surface area contributed by atoms with Crippen molar-refractivity contribution >= 4 is 11.6 Å². The van der Waals surface area contributed by atoms with Gasteiger partial charge in [-0.15, -0.1) is 0 Å². The summed E-state index contributed by atoms with van der Waals surface area (Å²) in [5, 5.41) is 5.93. The zero-order chi connectivity index (χ0) is 24.8. The van der Waals surface area contributed by atoms with Gasteiger partial charge in [-0.05, 0) is 12.1 Å². The number of H-pyrrole nitrogens is 2. The molecule has 0 radical (unpaired) electrons. The third-order valence-electron chi connectivity index (χ3n) is 4.31. The number of carbonyl (C=O) groups excluding carboxylic acids is 1. The van der Waals surface area contributed by atoms with Gasteiger partial charge in [-0.25, -0.2) is 23.4 Å². The van der Waals surface area contributed by atoms with E-state index in [2.05, 4.69) is 20.4 Å². The maximum absolute atomic E-state index is 14.0. The third kappa shape index (κ3) is 4.33. The zero-order valence-corrected chi connectivity index (χ0v) is 16.2. The average Bonchev–Trinajstić information content (AvgIpc) is 3.46. The molecule has 8 nitrogen and oxygen atoms in total. The predicted octanol–water partition coefficient (Wildman–Crippen LogP) is 4.55. The van der Waals surface area contributed by atoms with Gasteiger partial charge in [0.15, 0.2) is 5.82 Å². The van der Waals surface area contributed by atoms with E-state index in [0.717, 1.165) is 36.8 Å². The molecule has 0 spiro atoms. The van der Waals surface area contributed by atoms with Crippen molar-refractivity contribution in [3.8, 4) is 17.2 Å². The molecule has 4 aromatic rings. The van der Waals surface area contributed by atoms with Crippen molar-refractivity contribution in [1.82, 2.24) is 29.7 Å². The van der Waals surface area contributed by atoms with Crippen LogP contribution in [0.5, 0.6) is 0 Å². The topological polar surface area (TPSA) is 104 Å². The molecule has 0 aliphatic heterocycles. The summed E-state index contributed by atoms with van der Waals surface area (Å²) < 4.78 is 106. The molecule has 0 aliphatic carbocycles. The van der Waals surface area contributed by atoms with E-state index in [-0.39, 0.29) is 0 Å². The number of hydrogen-bond acceptors (Lipinski definition) is 4. The first-order chi connectivity index (χ1) is 15.8. The lowest BCUT2D eigenvalue weighted by Gasteiger charge is -2.06. The standard InChI is InChI=1S/C18H9F8N7O/c19-7-2-1-3-8(20)12(7)14(34)29-10-6-33(11-5-28-16(31-11)18(24,25)26)32-13(10)9-4-27-15(30-9)17(21,22)23/h1-6H,(H,27,30)(H,28,31)(H,29,34). The number of nitrogens with zero attached hydrogens (tertiary/aromatic N) is 4. The lowest BCUT2D eigenvalue weighted by Crippen LogP contribution is -2.16. The van der Waals surface area contributed by atoms with Gasteiger partial charge >= 0.3 is 12.4 Å². The van der Waals surface area contributed by atoms with Gasteiger partial charge < -0.3 is 15.3 Å². The van der Waals surface area contributed by atoms with Crippen LogP contribution in [0.4, 0.5) is 40.8 Å². The second-order valence-corrected chi connectivity index (χ2v) is 6.62. The summed E-state index contributed by atoms with van der Waals surface area (Å²) >= 11 is 0. The quantitative estimate of drug-likeness (QED) is 0.365. The minimum Gasteiger partial charge on any atom is -0.340 e. The van der Waals surface area contributed by atoms with E-state index < -0.39 is 70.0 Å². The molecule has 3 aromatic heterocycles. The van der Waals surface area contributed by atoms with E-state index in [0.29, 0.717) is 4.68 Å². The van der Waals surface area contributed by atoms with Gasteiger partial charge in [-0.2, -0.15) is 31.4 Å². The van der Waals surface area contributed by atoms with Crippen molar-refractivity contribution in [2.45, 2.75) is 12.4 Å². The molecule has 1 aromatic carbocycles. The fourth-order valence-electron chi connectivity index (χ4n) is 2.83. The normalized spacial score (nSPS) is 12.2. The Hall–Kier alpha value is -4.24. The molecule has 3 N–H and O–H groups in total. The smallest absolute Gasteiger partial charge is 0.340 e. The van der Waals surface area contributed by atoms with E-state index in [1.807, 2.05) is 9.97 Å². The molecule has 4 rings (SSSR count). The van der Waals surface area contributed by atoms with Crippen LogP contribution >= 0.6 is 0 Å². The van der Waals surface area contributed by atoms with E-state index >= 15 is 0 Å². The van der Waals surface area contributed by atoms with E-state index in [1.54, 1.807) is 0 Å². The summed E-state index contributed by atoms with van der Waals surface area (Å²) in [6.07, 6.45) is -7.24. The second-order valence-electron chi connectivity index (χ2n) is 6.62. The van der Waals surface area contributed by atoms with E-state index in [4.69, 9.17) is 0 Å². The minimum absolute atomic E-state index is 0.413. The first-order valence-electron chi connectivity index (χ1n) is 8.95. The van der Waals surface area contributed by atoms with Crippen molar-refractivity contribution in [3.63, 3.8) is 0 Å². The number of anilines is 1. The van der Waals surface area contributed by atoms with Gasteiger partial charge in [0.25, 0.3) is 5.91 Å². The molecule has 0 aliphatic rings. The third-order valence-corrected chi connectivity index (χ3v) is 4.31. The van der Waals surface area contributed by atoms with Gasteiger partial charge in [0.05, 0.1) is 11.9 Å². The van der Waals surface area contributed by atoms with Crippen molar-refractivity contribution in [1.29, 1.82) is 0 Å². The average molecular weight is 491 g/mol. The highest BCUT2D eigenvalue weighted by Gasteiger charge is 2.36. The number of benzene rings is 1. The SMILES string of the molecule is O=C(Nc1cn(-c2c[nH]c(C(F)(F)F)n2)nc1-c1c[nH]c(C(F)(F)F)n1)c1c(F)cccc1F. The van der Waals surface area contributed by atoms with Crippen LogP contribution in [0.3, 0.4) is 0 Å². The number of aromatic nitrogens is 6. The number of amides is 1. The number of carbonyl (C=O) groups is 1. The molecular weight excluding hydrogens is 482 g/mol. The Morgan fingerprint density at radius 3 is 2.06 bits per heavy atom. The first kappa shape index (κ1) is 22.9. The van der Waals surface area contributed by atoms with Crippen molar-refractivity contribution in [3.05, 3.63) is 65.6 Å². The van der Waals surface area contributed by atoms with E-state index in [9.17, 15) is 39.9 Å². The predicted molar refractivity (Wildman–Crippen MR) is 97.6 cm³/mol. The molecule has 0 saturated carbocycles. The monoisotopic (exact) mass is 491 g/mol. The molecule has 0 atom stereocenters. The molecule has 0 bridgehead atoms.